The summed E-state index contributed by atoms with van der Waals surface area (Å²) in [5.41, 5.74) is 5.33. The van der Waals surface area contributed by atoms with Crippen molar-refractivity contribution in [1.29, 1.82) is 0 Å². The van der Waals surface area contributed by atoms with E-state index in [2.05, 4.69) is 25.3 Å². The molecule has 6 rings (SSSR count). The number of pyridine rings is 2. The Hall–Kier alpha value is -4.00. The van der Waals surface area contributed by atoms with Gasteiger partial charge in [-0.3, -0.25) is 9.59 Å². The van der Waals surface area contributed by atoms with Gasteiger partial charge in [-0.25, -0.2) is 19.9 Å². The van der Waals surface area contributed by atoms with Crippen LogP contribution in [0.3, 0.4) is 0 Å². The number of amides is 2. The van der Waals surface area contributed by atoms with Gasteiger partial charge >= 0.3 is 6.18 Å². The van der Waals surface area contributed by atoms with Gasteiger partial charge < -0.3 is 20.5 Å². The van der Waals surface area contributed by atoms with Crippen molar-refractivity contribution >= 4 is 57.0 Å². The Morgan fingerprint density at radius 2 is 2.00 bits per heavy atom. The highest BCUT2D eigenvalue weighted by Crippen LogP contribution is 2.59. The van der Waals surface area contributed by atoms with Crippen LogP contribution in [-0.2, 0) is 22.3 Å². The Morgan fingerprint density at radius 1 is 1.23 bits per heavy atom. The largest absolute Gasteiger partial charge is 0.433 e. The summed E-state index contributed by atoms with van der Waals surface area (Å²) in [5.74, 6) is -0.525. The number of nitrogens with one attached hydrogen (secondary N) is 1. The van der Waals surface area contributed by atoms with Crippen molar-refractivity contribution in [2.75, 3.05) is 11.1 Å². The first-order valence-corrected chi connectivity index (χ1v) is 12.5. The van der Waals surface area contributed by atoms with Crippen LogP contribution in [0.25, 0.3) is 21.9 Å². The first-order chi connectivity index (χ1) is 18.4. The predicted molar refractivity (Wildman–Crippen MR) is 137 cm³/mol. The quantitative estimate of drug-likeness (QED) is 0.362. The van der Waals surface area contributed by atoms with E-state index in [-0.39, 0.29) is 62.8 Å². The molecule has 0 aromatic carbocycles. The van der Waals surface area contributed by atoms with E-state index in [1.54, 1.807) is 23.1 Å². The van der Waals surface area contributed by atoms with Crippen molar-refractivity contribution in [3.8, 4) is 0 Å². The Balaban J connectivity index is 1.39. The maximum absolute atomic E-state index is 13.8. The maximum Gasteiger partial charge on any atom is 0.433 e. The number of hydrogen-bond acceptors (Lipinski definition) is 7. The average molecular weight is 559 g/mol. The molecule has 2 aliphatic rings. The number of fused-ring (bicyclic) bond motifs is 4. The molecule has 3 N–H and O–H groups in total. The number of rotatable bonds is 4. The summed E-state index contributed by atoms with van der Waals surface area (Å²) < 4.78 is 42.2. The SMILES string of the molecule is Cc1nc(C(F)(F)F)cc2c3c(N)ncnc3n(CC(=O)N3C4C[C@]4(C)C[C@H]3C(=O)Nc3cccc(Cl)n3)c12. The molecule has 1 unspecified atom stereocenters. The van der Waals surface area contributed by atoms with Gasteiger partial charge in [0.05, 0.1) is 16.6 Å². The van der Waals surface area contributed by atoms with E-state index < -0.39 is 23.8 Å². The van der Waals surface area contributed by atoms with Crippen LogP contribution in [0, 0.1) is 12.3 Å². The molecule has 10 nitrogen and oxygen atoms in total. The fourth-order valence-corrected chi connectivity index (χ4v) is 5.88. The molecule has 1 saturated heterocycles. The van der Waals surface area contributed by atoms with Crippen LogP contribution in [-0.4, -0.2) is 53.3 Å². The number of carbonyl (C=O) groups excluding carboxylic acids is 2. The second kappa shape index (κ2) is 8.50. The van der Waals surface area contributed by atoms with Gasteiger partial charge in [0.25, 0.3) is 0 Å². The summed E-state index contributed by atoms with van der Waals surface area (Å²) in [7, 11) is 0. The zero-order chi connectivity index (χ0) is 27.9. The van der Waals surface area contributed by atoms with Gasteiger partial charge in [0.15, 0.2) is 0 Å². The zero-order valence-electron chi connectivity index (χ0n) is 20.8. The van der Waals surface area contributed by atoms with Crippen molar-refractivity contribution in [3.63, 3.8) is 0 Å². The van der Waals surface area contributed by atoms with Gasteiger partial charge in [0.1, 0.15) is 47.0 Å². The normalized spacial score (nSPS) is 22.4. The lowest BCUT2D eigenvalue weighted by Crippen LogP contribution is -2.46. The number of halogens is 4. The third kappa shape index (κ3) is 4.11. The lowest BCUT2D eigenvalue weighted by molar-refractivity contribution is -0.141. The summed E-state index contributed by atoms with van der Waals surface area (Å²) in [5, 5.41) is 3.30. The van der Waals surface area contributed by atoms with E-state index >= 15 is 0 Å². The minimum atomic E-state index is -4.68. The molecule has 0 bridgehead atoms. The van der Waals surface area contributed by atoms with Gasteiger partial charge in [0.2, 0.25) is 11.8 Å². The summed E-state index contributed by atoms with van der Waals surface area (Å²) in [4.78, 5) is 44.7. The summed E-state index contributed by atoms with van der Waals surface area (Å²) in [6.45, 7) is 3.17. The van der Waals surface area contributed by atoms with E-state index in [1.165, 1.54) is 17.8 Å². The second-order valence-corrected chi connectivity index (χ2v) is 10.6. The number of hydrogen-bond donors (Lipinski definition) is 2. The van der Waals surface area contributed by atoms with Gasteiger partial charge in [-0.2, -0.15) is 13.2 Å². The van der Waals surface area contributed by atoms with Crippen LogP contribution >= 0.6 is 11.6 Å². The molecule has 2 fully saturated rings. The standard InChI is InChI=1S/C25H22ClF3N8O2/c1-11-20-12(6-14(33-11)25(27,28)29)19-21(30)31-10-32-22(19)36(20)9-18(38)37-13(7-24(2)8-15(24)37)23(39)35-17-5-3-4-16(26)34-17/h3-6,10,13,15H,7-9H2,1-2H3,(H2,30,31,32)(H,34,35,39)/t13-,15?,24-/m0/s1. The third-order valence-electron chi connectivity index (χ3n) is 7.59. The molecule has 0 radical (unpaired) electrons. The number of likely N-dealkylation sites (tertiary alicyclic amines) is 1. The summed E-state index contributed by atoms with van der Waals surface area (Å²) in [6.07, 6.45) is -2.28. The predicted octanol–water partition coefficient (Wildman–Crippen LogP) is 3.96. The van der Waals surface area contributed by atoms with Crippen molar-refractivity contribution in [1.82, 2.24) is 29.4 Å². The number of nitrogens with zero attached hydrogens (tertiary/aromatic N) is 6. The van der Waals surface area contributed by atoms with Crippen molar-refractivity contribution < 1.29 is 22.8 Å². The molecule has 39 heavy (non-hydrogen) atoms. The second-order valence-electron chi connectivity index (χ2n) is 10.3. The molecule has 2 amide bonds. The van der Waals surface area contributed by atoms with Gasteiger partial charge in [-0.05, 0) is 43.4 Å². The molecule has 14 heteroatoms. The molecule has 202 valence electrons. The highest BCUT2D eigenvalue weighted by molar-refractivity contribution is 6.29. The number of carbonyl (C=O) groups is 2. The lowest BCUT2D eigenvalue weighted by atomic mass is 10.0. The lowest BCUT2D eigenvalue weighted by Gasteiger charge is -2.27. The van der Waals surface area contributed by atoms with Crippen LogP contribution in [0.1, 0.15) is 31.2 Å². The fourth-order valence-electron chi connectivity index (χ4n) is 5.72. The number of aryl methyl sites for hydroxylation is 1. The maximum atomic E-state index is 13.8. The minimum absolute atomic E-state index is 0.0165. The van der Waals surface area contributed by atoms with E-state index in [0.29, 0.717) is 11.9 Å². The Bertz CT molecular complexity index is 1690. The Kier molecular flexibility index (Phi) is 5.51. The molecule has 1 saturated carbocycles. The van der Waals surface area contributed by atoms with Crippen LogP contribution < -0.4 is 11.1 Å². The molecule has 4 aromatic rings. The molecule has 3 atom stereocenters. The number of anilines is 2. The Labute approximate surface area is 224 Å². The molecule has 1 aliphatic heterocycles. The van der Waals surface area contributed by atoms with E-state index in [4.69, 9.17) is 17.3 Å². The van der Waals surface area contributed by atoms with Crippen molar-refractivity contribution in [3.05, 3.63) is 47.1 Å². The number of alkyl halides is 3. The van der Waals surface area contributed by atoms with Gasteiger partial charge in [0, 0.05) is 11.4 Å². The average Bonchev–Trinajstić information content (AvgIpc) is 3.25. The number of aromatic nitrogens is 5. The smallest absolute Gasteiger partial charge is 0.383 e. The molecular formula is C25H22ClF3N8O2. The summed E-state index contributed by atoms with van der Waals surface area (Å²) >= 11 is 5.94. The van der Waals surface area contributed by atoms with E-state index in [1.807, 2.05) is 6.92 Å². The highest BCUT2D eigenvalue weighted by Gasteiger charge is 2.64. The topological polar surface area (TPSA) is 132 Å². The van der Waals surface area contributed by atoms with Crippen molar-refractivity contribution in [2.24, 2.45) is 5.41 Å². The zero-order valence-corrected chi connectivity index (χ0v) is 21.5. The molecule has 0 spiro atoms. The highest BCUT2D eigenvalue weighted by atomic mass is 35.5. The fraction of sp³-hybridized carbons (Fsp3) is 0.360. The van der Waals surface area contributed by atoms with Crippen LogP contribution in [0.15, 0.2) is 30.6 Å². The number of piperidine rings is 1. The number of nitrogens with two attached hydrogens (primary N) is 1. The van der Waals surface area contributed by atoms with Crippen LogP contribution in [0.4, 0.5) is 24.8 Å². The van der Waals surface area contributed by atoms with Crippen molar-refractivity contribution in [2.45, 2.75) is 51.5 Å². The first-order valence-electron chi connectivity index (χ1n) is 12.1. The molecule has 5 heterocycles. The first kappa shape index (κ1) is 25.3. The minimum Gasteiger partial charge on any atom is -0.383 e. The van der Waals surface area contributed by atoms with Gasteiger partial charge in [-0.1, -0.05) is 24.6 Å². The van der Waals surface area contributed by atoms with E-state index in [9.17, 15) is 22.8 Å². The molecule has 1 aliphatic carbocycles. The summed E-state index contributed by atoms with van der Waals surface area (Å²) in [6, 6.07) is 4.82. The number of nitrogen functional groups attached to an aromatic ring is 1. The Morgan fingerprint density at radius 3 is 2.72 bits per heavy atom. The van der Waals surface area contributed by atoms with Gasteiger partial charge in [-0.15, -0.1) is 0 Å². The monoisotopic (exact) mass is 558 g/mol. The van der Waals surface area contributed by atoms with Crippen LogP contribution in [0.5, 0.6) is 0 Å². The molecule has 4 aromatic heterocycles. The molecular weight excluding hydrogens is 537 g/mol. The van der Waals surface area contributed by atoms with E-state index in [0.717, 1.165) is 12.5 Å². The third-order valence-corrected chi connectivity index (χ3v) is 7.81. The van der Waals surface area contributed by atoms with Crippen LogP contribution in [0.2, 0.25) is 5.15 Å².